The average molecular weight is 342 g/mol. The molecule has 0 saturated heterocycles. The van der Waals surface area contributed by atoms with Crippen molar-refractivity contribution >= 4 is 28.1 Å². The first kappa shape index (κ1) is 16.5. The zero-order valence-corrected chi connectivity index (χ0v) is 14.6. The van der Waals surface area contributed by atoms with Gasteiger partial charge >= 0.3 is 0 Å². The second kappa shape index (κ2) is 7.45. The monoisotopic (exact) mass is 341 g/mol. The van der Waals surface area contributed by atoms with Gasteiger partial charge in [-0.05, 0) is 36.1 Å². The van der Waals surface area contributed by atoms with Gasteiger partial charge in [-0.15, -0.1) is 0 Å². The molecule has 0 fully saturated rings. The van der Waals surface area contributed by atoms with Gasteiger partial charge in [-0.3, -0.25) is 0 Å². The minimum atomic E-state index is 0.545. The lowest BCUT2D eigenvalue weighted by molar-refractivity contribution is 0.311. The Morgan fingerprint density at radius 2 is 1.83 bits per heavy atom. The van der Waals surface area contributed by atoms with Crippen LogP contribution in [0.25, 0.3) is 10.8 Å². The fourth-order valence-corrected chi connectivity index (χ4v) is 3.02. The molecule has 0 aromatic heterocycles. The lowest BCUT2D eigenvalue weighted by Gasteiger charge is -2.14. The Morgan fingerprint density at radius 1 is 1.04 bits per heavy atom. The van der Waals surface area contributed by atoms with E-state index in [0.29, 0.717) is 29.7 Å². The van der Waals surface area contributed by atoms with Gasteiger partial charge in [0, 0.05) is 17.6 Å². The highest BCUT2D eigenvalue weighted by Crippen LogP contribution is 2.36. The van der Waals surface area contributed by atoms with E-state index >= 15 is 0 Å². The molecule has 0 saturated carbocycles. The molecule has 0 unspecified atom stereocenters. The molecule has 0 atom stereocenters. The van der Waals surface area contributed by atoms with Gasteiger partial charge in [-0.1, -0.05) is 48.0 Å². The molecule has 24 heavy (non-hydrogen) atoms. The summed E-state index contributed by atoms with van der Waals surface area (Å²) in [7, 11) is 1.62. The predicted molar refractivity (Wildman–Crippen MR) is 100 cm³/mol. The van der Waals surface area contributed by atoms with Crippen molar-refractivity contribution in [1.82, 2.24) is 0 Å². The van der Waals surface area contributed by atoms with E-state index < -0.39 is 0 Å². The van der Waals surface area contributed by atoms with E-state index in [2.05, 4.69) is 35.6 Å². The molecular weight excluding hydrogens is 322 g/mol. The van der Waals surface area contributed by atoms with Crippen molar-refractivity contribution in [2.45, 2.75) is 13.5 Å². The molecular formula is C20H20ClNO2. The summed E-state index contributed by atoms with van der Waals surface area (Å²) in [6.45, 7) is 3.12. The van der Waals surface area contributed by atoms with Crippen molar-refractivity contribution in [1.29, 1.82) is 0 Å². The standard InChI is InChI=1S/C20H20ClNO2/c1-3-24-20-17(21)11-14(12-19(20)23-2)13-22-18-10-6-8-15-7-4-5-9-16(15)18/h4-12,22H,3,13H2,1-2H3. The number of ether oxygens (including phenoxy) is 2. The molecule has 3 aromatic carbocycles. The second-order valence-electron chi connectivity index (χ2n) is 5.42. The highest BCUT2D eigenvalue weighted by Gasteiger charge is 2.11. The Hall–Kier alpha value is -2.39. The minimum absolute atomic E-state index is 0.545. The molecule has 0 spiro atoms. The van der Waals surface area contributed by atoms with Crippen molar-refractivity contribution in [2.75, 3.05) is 19.0 Å². The zero-order chi connectivity index (χ0) is 16.9. The molecule has 0 radical (unpaired) electrons. The number of nitrogens with one attached hydrogen (secondary N) is 1. The third kappa shape index (κ3) is 3.41. The number of benzene rings is 3. The molecule has 0 amide bonds. The molecule has 0 aliphatic rings. The van der Waals surface area contributed by atoms with Gasteiger partial charge in [0.05, 0.1) is 18.7 Å². The molecule has 3 rings (SSSR count). The molecule has 0 heterocycles. The van der Waals surface area contributed by atoms with Crippen LogP contribution in [-0.4, -0.2) is 13.7 Å². The molecule has 124 valence electrons. The first-order valence-electron chi connectivity index (χ1n) is 7.93. The van der Waals surface area contributed by atoms with Crippen molar-refractivity contribution in [3.05, 3.63) is 65.2 Å². The SMILES string of the molecule is CCOc1c(Cl)cc(CNc2cccc3ccccc23)cc1OC. The summed E-state index contributed by atoms with van der Waals surface area (Å²) in [5.74, 6) is 1.25. The van der Waals surface area contributed by atoms with E-state index in [1.54, 1.807) is 7.11 Å². The maximum atomic E-state index is 6.34. The van der Waals surface area contributed by atoms with Gasteiger partial charge in [-0.25, -0.2) is 0 Å². The summed E-state index contributed by atoms with van der Waals surface area (Å²) < 4.78 is 11.0. The van der Waals surface area contributed by atoms with Crippen molar-refractivity contribution in [3.63, 3.8) is 0 Å². The topological polar surface area (TPSA) is 30.5 Å². The molecule has 3 nitrogen and oxygen atoms in total. The van der Waals surface area contributed by atoms with Crippen LogP contribution >= 0.6 is 11.6 Å². The fourth-order valence-electron chi connectivity index (χ4n) is 2.74. The normalized spacial score (nSPS) is 10.6. The van der Waals surface area contributed by atoms with E-state index in [0.717, 1.165) is 11.3 Å². The number of methoxy groups -OCH3 is 1. The third-order valence-electron chi connectivity index (χ3n) is 3.85. The second-order valence-corrected chi connectivity index (χ2v) is 5.83. The van der Waals surface area contributed by atoms with Crippen LogP contribution in [0, 0.1) is 0 Å². The zero-order valence-electron chi connectivity index (χ0n) is 13.8. The summed E-state index contributed by atoms with van der Waals surface area (Å²) in [5.41, 5.74) is 2.13. The quantitative estimate of drug-likeness (QED) is 0.641. The van der Waals surface area contributed by atoms with Gasteiger partial charge < -0.3 is 14.8 Å². The van der Waals surface area contributed by atoms with E-state index in [1.807, 2.05) is 31.2 Å². The van der Waals surface area contributed by atoms with Crippen molar-refractivity contribution in [2.24, 2.45) is 0 Å². The van der Waals surface area contributed by atoms with Crippen LogP contribution < -0.4 is 14.8 Å². The maximum Gasteiger partial charge on any atom is 0.179 e. The summed E-state index contributed by atoms with van der Waals surface area (Å²) >= 11 is 6.34. The first-order valence-corrected chi connectivity index (χ1v) is 8.31. The third-order valence-corrected chi connectivity index (χ3v) is 4.13. The minimum Gasteiger partial charge on any atom is -0.493 e. The first-order chi connectivity index (χ1) is 11.7. The van der Waals surface area contributed by atoms with Crippen LogP contribution in [0.5, 0.6) is 11.5 Å². The Balaban J connectivity index is 1.85. The van der Waals surface area contributed by atoms with Gasteiger partial charge in [-0.2, -0.15) is 0 Å². The molecule has 3 aromatic rings. The molecule has 0 aliphatic heterocycles. The molecule has 0 bridgehead atoms. The van der Waals surface area contributed by atoms with Gasteiger partial charge in [0.1, 0.15) is 0 Å². The molecule has 4 heteroatoms. The highest BCUT2D eigenvalue weighted by molar-refractivity contribution is 6.32. The summed E-state index contributed by atoms with van der Waals surface area (Å²) in [4.78, 5) is 0. The van der Waals surface area contributed by atoms with Gasteiger partial charge in [0.2, 0.25) is 0 Å². The number of hydrogen-bond donors (Lipinski definition) is 1. The van der Waals surface area contributed by atoms with Crippen LogP contribution in [-0.2, 0) is 6.54 Å². The fraction of sp³-hybridized carbons (Fsp3) is 0.200. The van der Waals surface area contributed by atoms with E-state index in [4.69, 9.17) is 21.1 Å². The number of hydrogen-bond acceptors (Lipinski definition) is 3. The van der Waals surface area contributed by atoms with Crippen molar-refractivity contribution in [3.8, 4) is 11.5 Å². The van der Waals surface area contributed by atoms with Crippen LogP contribution in [0.4, 0.5) is 5.69 Å². The Bertz CT molecular complexity index is 843. The largest absolute Gasteiger partial charge is 0.493 e. The Morgan fingerprint density at radius 3 is 2.62 bits per heavy atom. The summed E-state index contributed by atoms with van der Waals surface area (Å²) in [5, 5.41) is 6.45. The van der Waals surface area contributed by atoms with Gasteiger partial charge in [0.15, 0.2) is 11.5 Å². The maximum absolute atomic E-state index is 6.34. The van der Waals surface area contributed by atoms with Crippen molar-refractivity contribution < 1.29 is 9.47 Å². The van der Waals surface area contributed by atoms with E-state index in [9.17, 15) is 0 Å². The van der Waals surface area contributed by atoms with Crippen LogP contribution in [0.15, 0.2) is 54.6 Å². The predicted octanol–water partition coefficient (Wildman–Crippen LogP) is 5.51. The van der Waals surface area contributed by atoms with E-state index in [1.165, 1.54) is 10.8 Å². The smallest absolute Gasteiger partial charge is 0.179 e. The Kier molecular flexibility index (Phi) is 5.11. The summed E-state index contributed by atoms with van der Waals surface area (Å²) in [6.07, 6.45) is 0. The van der Waals surface area contributed by atoms with Crippen LogP contribution in [0.3, 0.4) is 0 Å². The Labute approximate surface area is 147 Å². The number of halogens is 1. The van der Waals surface area contributed by atoms with Gasteiger partial charge in [0.25, 0.3) is 0 Å². The lowest BCUT2D eigenvalue weighted by Crippen LogP contribution is -2.02. The number of rotatable bonds is 6. The number of fused-ring (bicyclic) bond motifs is 1. The average Bonchev–Trinajstić information content (AvgIpc) is 2.61. The molecule has 1 N–H and O–H groups in total. The number of anilines is 1. The molecule has 0 aliphatic carbocycles. The lowest BCUT2D eigenvalue weighted by atomic mass is 10.1. The summed E-state index contributed by atoms with van der Waals surface area (Å²) in [6, 6.07) is 18.4. The van der Waals surface area contributed by atoms with E-state index in [-0.39, 0.29) is 0 Å². The highest BCUT2D eigenvalue weighted by atomic mass is 35.5. The van der Waals surface area contributed by atoms with Crippen LogP contribution in [0.2, 0.25) is 5.02 Å². The van der Waals surface area contributed by atoms with Crippen LogP contribution in [0.1, 0.15) is 12.5 Å².